The number of aryl methyl sites for hydroxylation is 1. The summed E-state index contributed by atoms with van der Waals surface area (Å²) in [4.78, 5) is 3.84. The summed E-state index contributed by atoms with van der Waals surface area (Å²) in [6, 6.07) is 12.8. The first-order chi connectivity index (χ1) is 12.6. The van der Waals surface area contributed by atoms with Crippen molar-refractivity contribution in [2.24, 2.45) is 0 Å². The number of sulfone groups is 1. The zero-order valence-corrected chi connectivity index (χ0v) is 15.5. The number of halogens is 3. The van der Waals surface area contributed by atoms with E-state index in [1.54, 1.807) is 12.1 Å². The lowest BCUT2D eigenvalue weighted by Crippen LogP contribution is -2.05. The summed E-state index contributed by atoms with van der Waals surface area (Å²) >= 11 is 0. The van der Waals surface area contributed by atoms with E-state index in [4.69, 9.17) is 0 Å². The molecule has 0 atom stereocenters. The van der Waals surface area contributed by atoms with Crippen LogP contribution >= 0.6 is 0 Å². The fraction of sp³-hybridized carbons (Fsp3) is 0.211. The number of hydrogen-bond donors (Lipinski definition) is 0. The molecule has 0 N–H and O–H groups in total. The minimum absolute atomic E-state index is 0.0895. The van der Waals surface area contributed by atoms with Gasteiger partial charge in [0.15, 0.2) is 15.5 Å². The van der Waals surface area contributed by atoms with Crippen LogP contribution in [0.5, 0.6) is 0 Å². The highest BCUT2D eigenvalue weighted by atomic mass is 32.2. The van der Waals surface area contributed by atoms with Crippen LogP contribution in [0.1, 0.15) is 18.2 Å². The quantitative estimate of drug-likeness (QED) is 0.654. The smallest absolute Gasteiger partial charge is 0.299 e. The second-order valence-corrected chi connectivity index (χ2v) is 8.15. The molecule has 1 heterocycles. The first kappa shape index (κ1) is 19.2. The maximum absolute atomic E-state index is 13.2. The lowest BCUT2D eigenvalue weighted by Gasteiger charge is -2.09. The van der Waals surface area contributed by atoms with Gasteiger partial charge in [0, 0.05) is 23.7 Å². The van der Waals surface area contributed by atoms with Crippen LogP contribution in [-0.2, 0) is 22.4 Å². The second kappa shape index (κ2) is 6.84. The van der Waals surface area contributed by atoms with Gasteiger partial charge in [-0.1, -0.05) is 19.1 Å². The second-order valence-electron chi connectivity index (χ2n) is 6.13. The Hall–Kier alpha value is -2.61. The van der Waals surface area contributed by atoms with E-state index in [2.05, 4.69) is 4.98 Å². The van der Waals surface area contributed by atoms with Crippen LogP contribution in [-0.4, -0.2) is 24.2 Å². The van der Waals surface area contributed by atoms with E-state index in [1.165, 1.54) is 28.8 Å². The van der Waals surface area contributed by atoms with Gasteiger partial charge < -0.3 is 0 Å². The Morgan fingerprint density at radius 3 is 2.07 bits per heavy atom. The summed E-state index contributed by atoms with van der Waals surface area (Å²) in [5, 5.41) is 0. The number of imidazole rings is 1. The van der Waals surface area contributed by atoms with Gasteiger partial charge in [-0.2, -0.15) is 13.2 Å². The average Bonchev–Trinajstić information content (AvgIpc) is 3.07. The predicted octanol–water partition coefficient (Wildman–Crippen LogP) is 4.52. The summed E-state index contributed by atoms with van der Waals surface area (Å²) in [6.45, 7) is 1.99. The Balaban J connectivity index is 2.14. The van der Waals surface area contributed by atoms with E-state index < -0.39 is 21.7 Å². The Labute approximate surface area is 155 Å². The monoisotopic (exact) mass is 394 g/mol. The molecule has 0 saturated heterocycles. The minimum Gasteiger partial charge on any atom is -0.299 e. The van der Waals surface area contributed by atoms with Gasteiger partial charge in [0.05, 0.1) is 4.90 Å². The van der Waals surface area contributed by atoms with E-state index >= 15 is 0 Å². The number of benzene rings is 2. The molecule has 2 aromatic carbocycles. The normalized spacial score (nSPS) is 12.3. The van der Waals surface area contributed by atoms with Crippen molar-refractivity contribution in [2.75, 3.05) is 6.26 Å². The van der Waals surface area contributed by atoms with Crippen LogP contribution in [0.25, 0.3) is 17.1 Å². The maximum Gasteiger partial charge on any atom is 0.434 e. The number of alkyl halides is 3. The first-order valence-electron chi connectivity index (χ1n) is 8.16. The fourth-order valence-electron chi connectivity index (χ4n) is 2.66. The lowest BCUT2D eigenvalue weighted by atomic mass is 10.1. The van der Waals surface area contributed by atoms with Crippen LogP contribution in [0.15, 0.2) is 59.6 Å². The van der Waals surface area contributed by atoms with Gasteiger partial charge in [0.25, 0.3) is 0 Å². The molecule has 0 saturated carbocycles. The third kappa shape index (κ3) is 4.05. The summed E-state index contributed by atoms with van der Waals surface area (Å²) in [7, 11) is -3.40. The van der Waals surface area contributed by atoms with Crippen molar-refractivity contribution >= 4 is 9.84 Å². The molecule has 142 valence electrons. The van der Waals surface area contributed by atoms with E-state index in [1.807, 2.05) is 19.1 Å². The highest BCUT2D eigenvalue weighted by Gasteiger charge is 2.35. The van der Waals surface area contributed by atoms with Gasteiger partial charge >= 0.3 is 6.18 Å². The van der Waals surface area contributed by atoms with Crippen molar-refractivity contribution in [1.29, 1.82) is 0 Å². The first-order valence-corrected chi connectivity index (χ1v) is 10.0. The van der Waals surface area contributed by atoms with E-state index in [0.29, 0.717) is 11.3 Å². The van der Waals surface area contributed by atoms with Crippen molar-refractivity contribution in [3.8, 4) is 17.1 Å². The largest absolute Gasteiger partial charge is 0.434 e. The molecule has 0 fully saturated rings. The van der Waals surface area contributed by atoms with E-state index in [0.717, 1.165) is 24.4 Å². The van der Waals surface area contributed by atoms with Crippen molar-refractivity contribution in [2.45, 2.75) is 24.4 Å². The SMILES string of the molecule is CCc1ccc(-n2cc(C(F)(F)F)nc2-c2ccc(S(C)(=O)=O)cc2)cc1. The molecule has 27 heavy (non-hydrogen) atoms. The number of rotatable bonds is 4. The van der Waals surface area contributed by atoms with Crippen LogP contribution in [0.2, 0.25) is 0 Å². The number of nitrogens with zero attached hydrogens (tertiary/aromatic N) is 2. The molecule has 0 spiro atoms. The zero-order valence-electron chi connectivity index (χ0n) is 14.7. The van der Waals surface area contributed by atoms with Crippen molar-refractivity contribution < 1.29 is 21.6 Å². The van der Waals surface area contributed by atoms with Gasteiger partial charge in [0.2, 0.25) is 0 Å². The van der Waals surface area contributed by atoms with Crippen LogP contribution in [0, 0.1) is 0 Å². The molecular weight excluding hydrogens is 377 g/mol. The number of hydrogen-bond acceptors (Lipinski definition) is 3. The molecule has 3 aromatic rings. The molecule has 0 bridgehead atoms. The maximum atomic E-state index is 13.2. The molecule has 8 heteroatoms. The Kier molecular flexibility index (Phi) is 4.86. The van der Waals surface area contributed by atoms with Gasteiger partial charge in [-0.25, -0.2) is 13.4 Å². The zero-order chi connectivity index (χ0) is 19.8. The fourth-order valence-corrected chi connectivity index (χ4v) is 3.29. The molecule has 0 unspecified atom stereocenters. The summed E-state index contributed by atoms with van der Waals surface area (Å²) in [5.41, 5.74) is 0.980. The van der Waals surface area contributed by atoms with Gasteiger partial charge in [-0.15, -0.1) is 0 Å². The highest BCUT2D eigenvalue weighted by molar-refractivity contribution is 7.90. The van der Waals surface area contributed by atoms with Gasteiger partial charge in [-0.3, -0.25) is 4.57 Å². The molecule has 0 aliphatic heterocycles. The summed E-state index contributed by atoms with van der Waals surface area (Å²) in [5.74, 6) is 0.0895. The Morgan fingerprint density at radius 1 is 1.00 bits per heavy atom. The predicted molar refractivity (Wildman–Crippen MR) is 96.5 cm³/mol. The number of aromatic nitrogens is 2. The lowest BCUT2D eigenvalue weighted by molar-refractivity contribution is -0.140. The molecule has 4 nitrogen and oxygen atoms in total. The van der Waals surface area contributed by atoms with Gasteiger partial charge in [-0.05, 0) is 48.4 Å². The molecular formula is C19H17F3N2O2S. The molecule has 0 radical (unpaired) electrons. The third-order valence-electron chi connectivity index (χ3n) is 4.16. The standard InChI is InChI=1S/C19H17F3N2O2S/c1-3-13-4-8-15(9-5-13)24-12-17(19(20,21)22)23-18(24)14-6-10-16(11-7-14)27(2,25)26/h4-12H,3H2,1-2H3. The topological polar surface area (TPSA) is 52.0 Å². The Bertz CT molecular complexity index is 1050. The molecule has 0 amide bonds. The molecule has 3 rings (SSSR count). The van der Waals surface area contributed by atoms with Crippen LogP contribution < -0.4 is 0 Å². The van der Waals surface area contributed by atoms with Crippen molar-refractivity contribution in [3.05, 3.63) is 66.0 Å². The molecule has 1 aromatic heterocycles. The average molecular weight is 394 g/mol. The van der Waals surface area contributed by atoms with E-state index in [9.17, 15) is 21.6 Å². The van der Waals surface area contributed by atoms with Crippen molar-refractivity contribution in [3.63, 3.8) is 0 Å². The van der Waals surface area contributed by atoms with Crippen LogP contribution in [0.4, 0.5) is 13.2 Å². The third-order valence-corrected chi connectivity index (χ3v) is 5.29. The highest BCUT2D eigenvalue weighted by Crippen LogP contribution is 2.33. The van der Waals surface area contributed by atoms with Crippen LogP contribution in [0.3, 0.4) is 0 Å². The minimum atomic E-state index is -4.59. The molecule has 0 aliphatic rings. The van der Waals surface area contributed by atoms with E-state index in [-0.39, 0.29) is 10.7 Å². The van der Waals surface area contributed by atoms with Crippen molar-refractivity contribution in [1.82, 2.24) is 9.55 Å². The molecule has 0 aliphatic carbocycles. The summed E-state index contributed by atoms with van der Waals surface area (Å²) < 4.78 is 64.1. The van der Waals surface area contributed by atoms with Gasteiger partial charge in [0.1, 0.15) is 5.82 Å². The summed E-state index contributed by atoms with van der Waals surface area (Å²) in [6.07, 6.45) is -1.76. The Morgan fingerprint density at radius 2 is 1.59 bits per heavy atom.